The van der Waals surface area contributed by atoms with E-state index < -0.39 is 29.2 Å². The maximum absolute atomic E-state index is 17.3. The molecule has 2 atom stereocenters. The van der Waals surface area contributed by atoms with Crippen LogP contribution in [0.15, 0.2) is 59.8 Å². The molecule has 5 aromatic rings. The van der Waals surface area contributed by atoms with Gasteiger partial charge < -0.3 is 40.2 Å². The van der Waals surface area contributed by atoms with Crippen LogP contribution in [0.25, 0.3) is 27.7 Å². The lowest BCUT2D eigenvalue weighted by Gasteiger charge is -2.40. The monoisotopic (exact) mass is 978 g/mol. The number of fused-ring (bicyclic) bond motifs is 2. The van der Waals surface area contributed by atoms with Crippen molar-refractivity contribution in [3.05, 3.63) is 99.6 Å². The van der Waals surface area contributed by atoms with E-state index in [1.165, 1.54) is 54.8 Å². The molecule has 0 bridgehead atoms. The number of hydrogen-bond acceptors (Lipinski definition) is 12. The topological polar surface area (TPSA) is 189 Å². The van der Waals surface area contributed by atoms with Gasteiger partial charge in [0.1, 0.15) is 47.1 Å². The molecule has 16 nitrogen and oxygen atoms in total. The molecule has 3 aliphatic heterocycles. The number of nitrogens with one attached hydrogen (secondary N) is 1. The van der Waals surface area contributed by atoms with Crippen LogP contribution in [-0.2, 0) is 20.9 Å². The van der Waals surface area contributed by atoms with Crippen LogP contribution >= 0.6 is 0 Å². The zero-order valence-electron chi connectivity index (χ0n) is 40.5. The fourth-order valence-corrected chi connectivity index (χ4v) is 10.4. The molecule has 71 heavy (non-hydrogen) atoms. The van der Waals surface area contributed by atoms with E-state index in [9.17, 15) is 28.4 Å². The van der Waals surface area contributed by atoms with Crippen LogP contribution in [0.3, 0.4) is 0 Å². The molecule has 0 spiro atoms. The highest BCUT2D eigenvalue weighted by Gasteiger charge is 2.37. The van der Waals surface area contributed by atoms with Gasteiger partial charge in [0.2, 0.25) is 11.8 Å². The second-order valence-corrected chi connectivity index (χ2v) is 18.6. The number of carbonyl (C=O) groups is 4. The lowest BCUT2D eigenvalue weighted by atomic mass is 9.85. The largest absolute Gasteiger partial charge is 0.493 e. The minimum Gasteiger partial charge on any atom is -0.493 e. The van der Waals surface area contributed by atoms with Crippen LogP contribution in [0, 0.1) is 17.5 Å². The second-order valence-electron chi connectivity index (χ2n) is 18.6. The highest BCUT2D eigenvalue weighted by atomic mass is 19.1. The van der Waals surface area contributed by atoms with Gasteiger partial charge in [0, 0.05) is 69.3 Å². The number of hydrogen-bond donors (Lipinski definition) is 2. The van der Waals surface area contributed by atoms with Crippen LogP contribution in [0.1, 0.15) is 105 Å². The van der Waals surface area contributed by atoms with Crippen molar-refractivity contribution in [1.29, 1.82) is 0 Å². The van der Waals surface area contributed by atoms with Gasteiger partial charge >= 0.3 is 5.69 Å². The molecule has 2 aromatic heterocycles. The van der Waals surface area contributed by atoms with E-state index in [-0.39, 0.29) is 89.6 Å². The van der Waals surface area contributed by atoms with Crippen molar-refractivity contribution in [2.24, 2.45) is 0 Å². The Balaban J connectivity index is 0.880. The average molecular weight is 979 g/mol. The third kappa shape index (κ3) is 10.9. The van der Waals surface area contributed by atoms with Crippen molar-refractivity contribution < 1.29 is 37.1 Å². The van der Waals surface area contributed by atoms with E-state index in [2.05, 4.69) is 25.2 Å². The molecule has 8 rings (SSSR count). The predicted molar refractivity (Wildman–Crippen MR) is 263 cm³/mol. The molecule has 3 aliphatic rings. The van der Waals surface area contributed by atoms with Crippen molar-refractivity contribution in [1.82, 2.24) is 39.5 Å². The van der Waals surface area contributed by atoms with Crippen molar-refractivity contribution >= 4 is 46.5 Å². The molecule has 2 unspecified atom stereocenters. The number of rotatable bonds is 19. The maximum atomic E-state index is 17.3. The summed E-state index contributed by atoms with van der Waals surface area (Å²) < 4.78 is 55.7. The summed E-state index contributed by atoms with van der Waals surface area (Å²) in [5, 5.41) is 2.82. The van der Waals surface area contributed by atoms with Crippen LogP contribution in [-0.4, -0.2) is 123 Å². The number of aromatic nitrogens is 4. The van der Waals surface area contributed by atoms with Gasteiger partial charge in [0.05, 0.1) is 29.5 Å². The highest BCUT2D eigenvalue weighted by Crippen LogP contribution is 2.43. The normalized spacial score (nSPS) is 16.9. The van der Waals surface area contributed by atoms with Gasteiger partial charge in [-0.05, 0) is 112 Å². The molecule has 0 aliphatic carbocycles. The Hall–Kier alpha value is -6.89. The predicted octanol–water partition coefficient (Wildman–Crippen LogP) is 6.55. The Labute approximate surface area is 410 Å². The van der Waals surface area contributed by atoms with Crippen molar-refractivity contribution in [3.63, 3.8) is 0 Å². The van der Waals surface area contributed by atoms with E-state index >= 15 is 8.78 Å². The molecule has 376 valence electrons. The summed E-state index contributed by atoms with van der Waals surface area (Å²) in [6.07, 6.45) is 9.97. The van der Waals surface area contributed by atoms with E-state index in [0.717, 1.165) is 73.9 Å². The van der Waals surface area contributed by atoms with Crippen LogP contribution in [0.5, 0.6) is 5.75 Å². The number of carbonyl (C=O) groups excluding carboxylic acids is 4. The zero-order chi connectivity index (χ0) is 50.3. The number of nitrogen functional groups attached to an aromatic ring is 1. The molecule has 19 heteroatoms. The molecule has 0 saturated carbocycles. The Morgan fingerprint density at radius 2 is 1.75 bits per heavy atom. The first-order valence-corrected chi connectivity index (χ1v) is 24.6. The molecule has 2 saturated heterocycles. The summed E-state index contributed by atoms with van der Waals surface area (Å²) in [5.74, 6) is -2.14. The molecular weight excluding hydrogens is 918 g/mol. The number of aldehydes is 1. The Morgan fingerprint density at radius 3 is 2.48 bits per heavy atom. The Kier molecular flexibility index (Phi) is 16.0. The lowest BCUT2D eigenvalue weighted by Crippen LogP contribution is -2.54. The SMILES string of the molecule is CCC(=O)N1CCN(c2ncnc3c(F)c(-c4c(F)cccc4OCCCCCCCN4CCC(c5cc(F)cc6c5CN(C(C=O)CCC(=O)NC)C6=O)CC4)c(-n4ccc(N)nc4=O)cc23)C(C)C1. The lowest BCUT2D eigenvalue weighted by molar-refractivity contribution is -0.131. The number of halogens is 3. The number of piperidine rings is 1. The number of anilines is 2. The number of ether oxygens (including phenoxy) is 1. The first-order valence-electron chi connectivity index (χ1n) is 24.6. The molecule has 3 amide bonds. The highest BCUT2D eigenvalue weighted by molar-refractivity contribution is 6.00. The first-order chi connectivity index (χ1) is 34.3. The molecule has 5 heterocycles. The number of nitrogens with two attached hydrogens (primary N) is 1. The van der Waals surface area contributed by atoms with Gasteiger partial charge in [-0.25, -0.2) is 27.9 Å². The third-order valence-electron chi connectivity index (χ3n) is 14.2. The summed E-state index contributed by atoms with van der Waals surface area (Å²) in [4.78, 5) is 83.5. The van der Waals surface area contributed by atoms with Gasteiger partial charge in [-0.2, -0.15) is 4.98 Å². The summed E-state index contributed by atoms with van der Waals surface area (Å²) in [5.41, 5.74) is 6.44. The van der Waals surface area contributed by atoms with Gasteiger partial charge in [-0.15, -0.1) is 0 Å². The van der Waals surface area contributed by atoms with Crippen molar-refractivity contribution in [2.45, 2.75) is 103 Å². The maximum Gasteiger partial charge on any atom is 0.354 e. The van der Waals surface area contributed by atoms with Gasteiger partial charge in [0.25, 0.3) is 5.91 Å². The van der Waals surface area contributed by atoms with E-state index in [1.54, 1.807) is 17.0 Å². The number of nitrogens with zero attached hydrogens (tertiary/aromatic N) is 8. The minimum atomic E-state index is -0.877. The number of likely N-dealkylation sites (tertiary alicyclic amines) is 1. The molecule has 3 N–H and O–H groups in total. The Morgan fingerprint density at radius 1 is 0.972 bits per heavy atom. The summed E-state index contributed by atoms with van der Waals surface area (Å²) in [7, 11) is 1.52. The van der Waals surface area contributed by atoms with Gasteiger partial charge in [-0.1, -0.05) is 32.3 Å². The summed E-state index contributed by atoms with van der Waals surface area (Å²) in [6.45, 7) is 8.08. The number of benzene rings is 3. The third-order valence-corrected chi connectivity index (χ3v) is 14.2. The van der Waals surface area contributed by atoms with Crippen LogP contribution in [0.4, 0.5) is 24.8 Å². The van der Waals surface area contributed by atoms with Gasteiger partial charge in [0.15, 0.2) is 5.82 Å². The fraction of sp³-hybridized carbons (Fsp3) is 0.462. The standard InChI is InChI=1S/C52H61F3N10O6/c1-4-45(68)62-22-23-63(32(2)28-62)50-38-27-41(64-21-17-43(56)60-52(64)70)47(48(55)49(38)58-31-59-50)46-40(54)11-10-12-42(46)71-24-9-7-5-6-8-18-61-19-15-33(16-20-61)36-25-34(53)26-37-39(36)29-65(51(37)69)35(30-66)13-14-44(67)57-3/h10-12,17,21,25-27,30-33,35H,4-9,13-16,18-20,22-24,28-29H2,1-3H3,(H,57,67)(H2,56,60,70). The summed E-state index contributed by atoms with van der Waals surface area (Å²) >= 11 is 0. The number of amides is 3. The molecule has 2 fully saturated rings. The minimum absolute atomic E-state index is 0.00325. The quantitative estimate of drug-likeness (QED) is 0.0672. The van der Waals surface area contributed by atoms with Crippen LogP contribution < -0.4 is 26.4 Å². The first kappa shape index (κ1) is 50.5. The van der Waals surface area contributed by atoms with Crippen molar-refractivity contribution in [2.75, 3.05) is 63.6 Å². The van der Waals surface area contributed by atoms with E-state index in [1.807, 2.05) is 18.7 Å². The van der Waals surface area contributed by atoms with Crippen molar-refractivity contribution in [3.8, 4) is 22.6 Å². The molecule has 0 radical (unpaired) electrons. The molecule has 3 aromatic carbocycles. The van der Waals surface area contributed by atoms with E-state index in [0.29, 0.717) is 55.5 Å². The second kappa shape index (κ2) is 22.5. The van der Waals surface area contributed by atoms with Gasteiger partial charge in [-0.3, -0.25) is 19.0 Å². The zero-order valence-corrected chi connectivity index (χ0v) is 40.5. The van der Waals surface area contributed by atoms with E-state index in [4.69, 9.17) is 10.5 Å². The average Bonchev–Trinajstić information content (AvgIpc) is 3.69. The number of piperazine rings is 1. The fourth-order valence-electron chi connectivity index (χ4n) is 10.4. The van der Waals surface area contributed by atoms with Crippen LogP contribution in [0.2, 0.25) is 0 Å². The summed E-state index contributed by atoms with van der Waals surface area (Å²) in [6, 6.07) is 9.06. The number of unbranched alkanes of at least 4 members (excludes halogenated alkanes) is 4. The Bertz CT molecular complexity index is 2860. The molecular formula is C52H61F3N10O6. The smallest absolute Gasteiger partial charge is 0.354 e.